The van der Waals surface area contributed by atoms with E-state index in [1.165, 1.54) is 25.4 Å². The second-order valence-corrected chi connectivity index (χ2v) is 4.59. The molecular formula is C17H15NO5. The van der Waals surface area contributed by atoms with Crippen molar-refractivity contribution in [3.63, 3.8) is 0 Å². The Labute approximate surface area is 133 Å². The van der Waals surface area contributed by atoms with Crippen LogP contribution < -0.4 is 4.74 Å². The van der Waals surface area contributed by atoms with Gasteiger partial charge in [0.2, 0.25) is 0 Å². The van der Waals surface area contributed by atoms with Crippen LogP contribution in [0.2, 0.25) is 0 Å². The molecule has 0 bridgehead atoms. The summed E-state index contributed by atoms with van der Waals surface area (Å²) in [6.45, 7) is 3.55. The number of para-hydroxylation sites is 1. The maximum Gasteiger partial charge on any atom is 0.341 e. The number of methoxy groups -OCH3 is 1. The van der Waals surface area contributed by atoms with E-state index in [1.807, 2.05) is 0 Å². The van der Waals surface area contributed by atoms with Crippen LogP contribution in [0.15, 0.2) is 60.9 Å². The SMILES string of the molecule is C=C(C(=O)Oc1ccccc1C(=O)OC)C(O)c1cccnc1. The van der Waals surface area contributed by atoms with Gasteiger partial charge in [-0.15, -0.1) is 0 Å². The molecular weight excluding hydrogens is 298 g/mol. The minimum Gasteiger partial charge on any atom is -0.465 e. The van der Waals surface area contributed by atoms with Crippen LogP contribution in [0.1, 0.15) is 22.0 Å². The fourth-order valence-corrected chi connectivity index (χ4v) is 1.85. The summed E-state index contributed by atoms with van der Waals surface area (Å²) in [5.74, 6) is -1.45. The third-order valence-electron chi connectivity index (χ3n) is 3.09. The lowest BCUT2D eigenvalue weighted by molar-refractivity contribution is -0.131. The van der Waals surface area contributed by atoms with E-state index in [2.05, 4.69) is 16.3 Å². The number of carbonyl (C=O) groups excluding carboxylic acids is 2. The highest BCUT2D eigenvalue weighted by molar-refractivity contribution is 5.96. The molecule has 1 heterocycles. The quantitative estimate of drug-likeness (QED) is 0.516. The maximum atomic E-state index is 12.1. The summed E-state index contributed by atoms with van der Waals surface area (Å²) in [5, 5.41) is 10.1. The number of hydrogen-bond donors (Lipinski definition) is 1. The number of benzene rings is 1. The molecule has 6 nitrogen and oxygen atoms in total. The summed E-state index contributed by atoms with van der Waals surface area (Å²) in [4.78, 5) is 27.6. The van der Waals surface area contributed by atoms with E-state index in [9.17, 15) is 14.7 Å². The van der Waals surface area contributed by atoms with Gasteiger partial charge in [0.05, 0.1) is 12.7 Å². The summed E-state index contributed by atoms with van der Waals surface area (Å²) in [6.07, 6.45) is 1.72. The normalized spacial score (nSPS) is 11.4. The Bertz CT molecular complexity index is 727. The van der Waals surface area contributed by atoms with Crippen LogP contribution in [0, 0.1) is 0 Å². The number of pyridine rings is 1. The average molecular weight is 313 g/mol. The van der Waals surface area contributed by atoms with Crippen molar-refractivity contribution in [3.05, 3.63) is 72.1 Å². The van der Waals surface area contributed by atoms with Crippen LogP contribution in [-0.4, -0.2) is 29.1 Å². The van der Waals surface area contributed by atoms with Gasteiger partial charge in [-0.3, -0.25) is 4.98 Å². The van der Waals surface area contributed by atoms with Gasteiger partial charge in [-0.2, -0.15) is 0 Å². The van der Waals surface area contributed by atoms with Crippen LogP contribution in [0.25, 0.3) is 0 Å². The third kappa shape index (κ3) is 3.81. The fourth-order valence-electron chi connectivity index (χ4n) is 1.85. The van der Waals surface area contributed by atoms with E-state index in [0.717, 1.165) is 0 Å². The molecule has 23 heavy (non-hydrogen) atoms. The molecule has 118 valence electrons. The molecule has 0 aliphatic heterocycles. The Morgan fingerprint density at radius 3 is 2.61 bits per heavy atom. The molecule has 1 unspecified atom stereocenters. The summed E-state index contributed by atoms with van der Waals surface area (Å²) in [6, 6.07) is 9.38. The maximum absolute atomic E-state index is 12.1. The summed E-state index contributed by atoms with van der Waals surface area (Å²) in [5.41, 5.74) is 0.348. The largest absolute Gasteiger partial charge is 0.465 e. The van der Waals surface area contributed by atoms with Crippen LogP contribution in [0.5, 0.6) is 5.75 Å². The fraction of sp³-hybridized carbons (Fsp3) is 0.118. The van der Waals surface area contributed by atoms with Gasteiger partial charge in [0.15, 0.2) is 0 Å². The first-order valence-electron chi connectivity index (χ1n) is 6.71. The number of aliphatic hydroxyl groups excluding tert-OH is 1. The molecule has 1 aromatic carbocycles. The Morgan fingerprint density at radius 1 is 1.22 bits per heavy atom. The van der Waals surface area contributed by atoms with Gasteiger partial charge in [0.1, 0.15) is 17.4 Å². The first kappa shape index (κ1) is 16.4. The number of rotatable bonds is 5. The van der Waals surface area contributed by atoms with E-state index in [1.54, 1.807) is 30.5 Å². The van der Waals surface area contributed by atoms with Crippen LogP contribution in [0.4, 0.5) is 0 Å². The van der Waals surface area contributed by atoms with Crippen molar-refractivity contribution in [1.82, 2.24) is 4.98 Å². The lowest BCUT2D eigenvalue weighted by Gasteiger charge is -2.14. The van der Waals surface area contributed by atoms with Crippen molar-refractivity contribution >= 4 is 11.9 Å². The van der Waals surface area contributed by atoms with Gasteiger partial charge in [-0.1, -0.05) is 24.8 Å². The molecule has 0 spiro atoms. The van der Waals surface area contributed by atoms with E-state index in [4.69, 9.17) is 4.74 Å². The van der Waals surface area contributed by atoms with Gasteiger partial charge in [-0.25, -0.2) is 9.59 Å². The second kappa shape index (κ2) is 7.33. The van der Waals surface area contributed by atoms with E-state index >= 15 is 0 Å². The van der Waals surface area contributed by atoms with Gasteiger partial charge >= 0.3 is 11.9 Å². The van der Waals surface area contributed by atoms with Gasteiger partial charge in [0, 0.05) is 18.0 Å². The minimum atomic E-state index is -1.25. The Balaban J connectivity index is 2.16. The molecule has 0 aliphatic rings. The standard InChI is InChI=1S/C17H15NO5/c1-11(15(19)12-6-5-9-18-10-12)16(20)23-14-8-4-3-7-13(14)17(21)22-2/h3-10,15,19H,1H2,2H3. The van der Waals surface area contributed by atoms with E-state index in [0.29, 0.717) is 5.56 Å². The van der Waals surface area contributed by atoms with Gasteiger partial charge in [0.25, 0.3) is 0 Å². The second-order valence-electron chi connectivity index (χ2n) is 4.59. The first-order valence-corrected chi connectivity index (χ1v) is 6.71. The highest BCUT2D eigenvalue weighted by atomic mass is 16.5. The molecule has 2 aromatic rings. The summed E-state index contributed by atoms with van der Waals surface area (Å²) < 4.78 is 9.78. The summed E-state index contributed by atoms with van der Waals surface area (Å²) >= 11 is 0. The van der Waals surface area contributed by atoms with Crippen LogP contribution >= 0.6 is 0 Å². The predicted molar refractivity (Wildman–Crippen MR) is 81.8 cm³/mol. The van der Waals surface area contributed by atoms with Crippen molar-refractivity contribution in [3.8, 4) is 5.75 Å². The first-order chi connectivity index (χ1) is 11.0. The lowest BCUT2D eigenvalue weighted by atomic mass is 10.1. The lowest BCUT2D eigenvalue weighted by Crippen LogP contribution is -2.18. The number of nitrogens with zero attached hydrogens (tertiary/aromatic N) is 1. The molecule has 0 saturated carbocycles. The molecule has 6 heteroatoms. The number of aromatic nitrogens is 1. The van der Waals surface area contributed by atoms with Gasteiger partial charge < -0.3 is 14.6 Å². The molecule has 0 saturated heterocycles. The van der Waals surface area contributed by atoms with Crippen molar-refractivity contribution in [2.45, 2.75) is 6.10 Å². The average Bonchev–Trinajstić information content (AvgIpc) is 2.61. The Kier molecular flexibility index (Phi) is 5.22. The highest BCUT2D eigenvalue weighted by Crippen LogP contribution is 2.24. The molecule has 1 aromatic heterocycles. The third-order valence-corrected chi connectivity index (χ3v) is 3.09. The highest BCUT2D eigenvalue weighted by Gasteiger charge is 2.22. The molecule has 1 N–H and O–H groups in total. The Morgan fingerprint density at radius 2 is 1.96 bits per heavy atom. The van der Waals surface area contributed by atoms with Crippen LogP contribution in [0.3, 0.4) is 0 Å². The smallest absolute Gasteiger partial charge is 0.341 e. The number of ether oxygens (including phenoxy) is 2. The van der Waals surface area contributed by atoms with Crippen molar-refractivity contribution in [2.75, 3.05) is 7.11 Å². The number of esters is 2. The molecule has 0 amide bonds. The molecule has 0 fully saturated rings. The zero-order chi connectivity index (χ0) is 16.8. The molecule has 1 atom stereocenters. The van der Waals surface area contributed by atoms with Crippen LogP contribution in [-0.2, 0) is 9.53 Å². The molecule has 2 rings (SSSR count). The Hall–Kier alpha value is -2.99. The zero-order valence-corrected chi connectivity index (χ0v) is 12.4. The zero-order valence-electron chi connectivity index (χ0n) is 12.4. The molecule has 0 radical (unpaired) electrons. The van der Waals surface area contributed by atoms with E-state index < -0.39 is 18.0 Å². The van der Waals surface area contributed by atoms with Gasteiger partial charge in [-0.05, 0) is 18.2 Å². The number of hydrogen-bond acceptors (Lipinski definition) is 6. The number of carbonyl (C=O) groups is 2. The number of aliphatic hydroxyl groups is 1. The predicted octanol–water partition coefficient (Wildman–Crippen LogP) is 2.06. The molecule has 0 aliphatic carbocycles. The van der Waals surface area contributed by atoms with Crippen molar-refractivity contribution in [1.29, 1.82) is 0 Å². The van der Waals surface area contributed by atoms with Crippen molar-refractivity contribution < 1.29 is 24.2 Å². The van der Waals surface area contributed by atoms with E-state index in [-0.39, 0.29) is 16.9 Å². The minimum absolute atomic E-state index is 0.0314. The van der Waals surface area contributed by atoms with Crippen molar-refractivity contribution in [2.24, 2.45) is 0 Å². The topological polar surface area (TPSA) is 85.7 Å². The summed E-state index contributed by atoms with van der Waals surface area (Å²) in [7, 11) is 1.23. The monoisotopic (exact) mass is 313 g/mol.